The molecular formula is C18H27N3O3S. The van der Waals surface area contributed by atoms with Crippen molar-refractivity contribution in [2.75, 3.05) is 63.3 Å². The molecule has 1 atom stereocenters. The summed E-state index contributed by atoms with van der Waals surface area (Å²) in [5, 5.41) is 3.04. The van der Waals surface area contributed by atoms with E-state index in [0.29, 0.717) is 0 Å². The van der Waals surface area contributed by atoms with E-state index < -0.39 is 0 Å². The molecule has 0 bridgehead atoms. The highest BCUT2D eigenvalue weighted by molar-refractivity contribution is 7.99. The summed E-state index contributed by atoms with van der Waals surface area (Å²) >= 11 is 1.95. The van der Waals surface area contributed by atoms with Gasteiger partial charge in [0.2, 0.25) is 0 Å². The van der Waals surface area contributed by atoms with Crippen molar-refractivity contribution < 1.29 is 14.3 Å². The lowest BCUT2D eigenvalue weighted by atomic mass is 10.2. The summed E-state index contributed by atoms with van der Waals surface area (Å²) < 4.78 is 10.6. The summed E-state index contributed by atoms with van der Waals surface area (Å²) in [5.41, 5.74) is 0.799. The molecule has 0 aliphatic carbocycles. The highest BCUT2D eigenvalue weighted by atomic mass is 32.2. The van der Waals surface area contributed by atoms with E-state index >= 15 is 0 Å². The maximum Gasteiger partial charge on any atom is 0.322 e. The predicted octanol–water partition coefficient (Wildman–Crippen LogP) is 2.37. The topological polar surface area (TPSA) is 54.0 Å². The second-order valence-corrected chi connectivity index (χ2v) is 7.50. The van der Waals surface area contributed by atoms with Crippen LogP contribution in [-0.4, -0.2) is 79.9 Å². The van der Waals surface area contributed by atoms with Gasteiger partial charge in [0.1, 0.15) is 5.75 Å². The Morgan fingerprint density at radius 3 is 2.76 bits per heavy atom. The zero-order valence-electron chi connectivity index (χ0n) is 14.8. The summed E-state index contributed by atoms with van der Waals surface area (Å²) in [6, 6.07) is 7.70. The smallest absolute Gasteiger partial charge is 0.322 e. The number of methoxy groups -OCH3 is 1. The van der Waals surface area contributed by atoms with Gasteiger partial charge in [-0.25, -0.2) is 4.79 Å². The quantitative estimate of drug-likeness (QED) is 0.888. The van der Waals surface area contributed by atoms with Crippen LogP contribution < -0.4 is 10.1 Å². The number of carbonyl (C=O) groups excluding carboxylic acids is 1. The Morgan fingerprint density at radius 1 is 1.28 bits per heavy atom. The number of carbonyl (C=O) groups is 1. The molecule has 6 nitrogen and oxygen atoms in total. The first-order valence-electron chi connectivity index (χ1n) is 8.86. The van der Waals surface area contributed by atoms with Crippen molar-refractivity contribution >= 4 is 23.5 Å². The Balaban J connectivity index is 1.63. The number of anilines is 1. The van der Waals surface area contributed by atoms with Crippen molar-refractivity contribution in [2.24, 2.45) is 0 Å². The second kappa shape index (κ2) is 9.31. The lowest BCUT2D eigenvalue weighted by Gasteiger charge is -2.35. The van der Waals surface area contributed by atoms with E-state index in [2.05, 4.69) is 10.2 Å². The summed E-state index contributed by atoms with van der Waals surface area (Å²) in [4.78, 5) is 17.3. The Hall–Kier alpha value is -1.44. The number of hydrogen-bond donors (Lipinski definition) is 1. The van der Waals surface area contributed by atoms with Crippen LogP contribution in [0.2, 0.25) is 0 Å². The summed E-state index contributed by atoms with van der Waals surface area (Å²) in [7, 11) is 1.64. The molecule has 25 heavy (non-hydrogen) atoms. The van der Waals surface area contributed by atoms with E-state index in [1.165, 1.54) is 0 Å². The van der Waals surface area contributed by atoms with Crippen LogP contribution in [0.25, 0.3) is 0 Å². The summed E-state index contributed by atoms with van der Waals surface area (Å²) in [6.45, 7) is 5.22. The molecule has 2 fully saturated rings. The van der Waals surface area contributed by atoms with E-state index in [-0.39, 0.29) is 12.1 Å². The van der Waals surface area contributed by atoms with Crippen molar-refractivity contribution in [3.05, 3.63) is 24.3 Å². The van der Waals surface area contributed by atoms with Crippen molar-refractivity contribution in [2.45, 2.75) is 12.5 Å². The SMILES string of the molecule is COc1ccc(NC(=O)N2CCCSCC2CN2CCOCC2)cc1. The Kier molecular flexibility index (Phi) is 6.84. The molecule has 2 amide bonds. The third kappa shape index (κ3) is 5.26. The molecule has 1 aromatic rings. The van der Waals surface area contributed by atoms with Gasteiger partial charge >= 0.3 is 6.03 Å². The molecule has 138 valence electrons. The van der Waals surface area contributed by atoms with Crippen molar-refractivity contribution in [1.82, 2.24) is 9.80 Å². The van der Waals surface area contributed by atoms with E-state index in [1.54, 1.807) is 7.11 Å². The zero-order valence-corrected chi connectivity index (χ0v) is 15.6. The zero-order chi connectivity index (χ0) is 17.5. The Labute approximate surface area is 153 Å². The highest BCUT2D eigenvalue weighted by Gasteiger charge is 2.28. The number of hydrogen-bond acceptors (Lipinski definition) is 5. The molecule has 1 aromatic carbocycles. The minimum Gasteiger partial charge on any atom is -0.497 e. The fraction of sp³-hybridized carbons (Fsp3) is 0.611. The normalized spacial score (nSPS) is 22.3. The predicted molar refractivity (Wildman–Crippen MR) is 102 cm³/mol. The Bertz CT molecular complexity index is 549. The maximum atomic E-state index is 12.9. The molecule has 2 heterocycles. The van der Waals surface area contributed by atoms with E-state index in [0.717, 1.165) is 68.8 Å². The van der Waals surface area contributed by atoms with E-state index in [4.69, 9.17) is 9.47 Å². The van der Waals surface area contributed by atoms with Gasteiger partial charge < -0.3 is 19.7 Å². The van der Waals surface area contributed by atoms with Gasteiger partial charge in [0.25, 0.3) is 0 Å². The van der Waals surface area contributed by atoms with Crippen molar-refractivity contribution in [3.63, 3.8) is 0 Å². The van der Waals surface area contributed by atoms with Crippen LogP contribution >= 0.6 is 11.8 Å². The monoisotopic (exact) mass is 365 g/mol. The van der Waals surface area contributed by atoms with Crippen molar-refractivity contribution in [3.8, 4) is 5.75 Å². The van der Waals surface area contributed by atoms with E-state index in [9.17, 15) is 4.79 Å². The standard InChI is InChI=1S/C18H27N3O3S/c1-23-17-5-3-15(4-6-17)19-18(22)21-7-2-12-25-14-16(21)13-20-8-10-24-11-9-20/h3-6,16H,2,7-14H2,1H3,(H,19,22). The molecule has 2 saturated heterocycles. The fourth-order valence-electron chi connectivity index (χ4n) is 3.20. The van der Waals surface area contributed by atoms with Gasteiger partial charge in [0.05, 0.1) is 26.4 Å². The average molecular weight is 365 g/mol. The van der Waals surface area contributed by atoms with Gasteiger partial charge in [0, 0.05) is 37.6 Å². The minimum absolute atomic E-state index is 0.00840. The number of ether oxygens (including phenoxy) is 2. The molecule has 2 aliphatic rings. The molecule has 0 radical (unpaired) electrons. The molecule has 3 rings (SSSR count). The van der Waals surface area contributed by atoms with Crippen LogP contribution in [-0.2, 0) is 4.74 Å². The van der Waals surface area contributed by atoms with E-state index in [1.807, 2.05) is 40.9 Å². The maximum absolute atomic E-state index is 12.9. The molecule has 1 unspecified atom stereocenters. The fourth-order valence-corrected chi connectivity index (χ4v) is 4.26. The van der Waals surface area contributed by atoms with Crippen LogP contribution in [0, 0.1) is 0 Å². The molecule has 1 N–H and O–H groups in total. The lowest BCUT2D eigenvalue weighted by Crippen LogP contribution is -2.51. The molecule has 0 saturated carbocycles. The largest absolute Gasteiger partial charge is 0.497 e. The molecule has 0 spiro atoms. The first-order chi connectivity index (χ1) is 12.3. The van der Waals surface area contributed by atoms with Gasteiger partial charge in [-0.1, -0.05) is 0 Å². The third-order valence-electron chi connectivity index (χ3n) is 4.61. The lowest BCUT2D eigenvalue weighted by molar-refractivity contribution is 0.0288. The number of rotatable bonds is 4. The number of benzene rings is 1. The molecule has 7 heteroatoms. The van der Waals surface area contributed by atoms with Gasteiger partial charge in [0.15, 0.2) is 0 Å². The number of amides is 2. The highest BCUT2D eigenvalue weighted by Crippen LogP contribution is 2.20. The average Bonchev–Trinajstić information content (AvgIpc) is 2.89. The Morgan fingerprint density at radius 2 is 2.04 bits per heavy atom. The minimum atomic E-state index is -0.00840. The van der Waals surface area contributed by atoms with Crippen LogP contribution in [0.4, 0.5) is 10.5 Å². The first-order valence-corrected chi connectivity index (χ1v) is 10.0. The van der Waals surface area contributed by atoms with Crippen LogP contribution in [0.3, 0.4) is 0 Å². The van der Waals surface area contributed by atoms with Crippen molar-refractivity contribution in [1.29, 1.82) is 0 Å². The number of morpholine rings is 1. The number of nitrogens with zero attached hydrogens (tertiary/aromatic N) is 2. The van der Waals surface area contributed by atoms with Gasteiger partial charge in [-0.2, -0.15) is 11.8 Å². The van der Waals surface area contributed by atoms with Crippen LogP contribution in [0.15, 0.2) is 24.3 Å². The first kappa shape index (κ1) is 18.4. The number of urea groups is 1. The summed E-state index contributed by atoms with van der Waals surface area (Å²) in [6.07, 6.45) is 1.04. The van der Waals surface area contributed by atoms with Gasteiger partial charge in [-0.05, 0) is 36.4 Å². The molecular weight excluding hydrogens is 338 g/mol. The number of thioether (sulfide) groups is 1. The van der Waals surface area contributed by atoms with Gasteiger partial charge in [-0.15, -0.1) is 0 Å². The molecule has 2 aliphatic heterocycles. The third-order valence-corrected chi connectivity index (χ3v) is 5.81. The second-order valence-electron chi connectivity index (χ2n) is 6.35. The van der Waals surface area contributed by atoms with Gasteiger partial charge in [-0.3, -0.25) is 4.90 Å². The van der Waals surface area contributed by atoms with Crippen LogP contribution in [0.5, 0.6) is 5.75 Å². The molecule has 0 aromatic heterocycles. The van der Waals surface area contributed by atoms with Crippen LogP contribution in [0.1, 0.15) is 6.42 Å². The summed E-state index contributed by atoms with van der Waals surface area (Å²) in [5.74, 6) is 2.90. The number of nitrogens with one attached hydrogen (secondary N) is 1.